The van der Waals surface area contributed by atoms with Crippen LogP contribution in [-0.4, -0.2) is 20.1 Å². The monoisotopic (exact) mass is 380 g/mol. The van der Waals surface area contributed by atoms with Crippen molar-refractivity contribution in [3.05, 3.63) is 53.0 Å². The summed E-state index contributed by atoms with van der Waals surface area (Å²) >= 11 is 1.83. The van der Waals surface area contributed by atoms with Gasteiger partial charge in [0.2, 0.25) is 10.5 Å². The molecule has 1 N–H and O–H groups in total. The van der Waals surface area contributed by atoms with Crippen molar-refractivity contribution in [2.45, 2.75) is 32.2 Å². The fourth-order valence-corrected chi connectivity index (χ4v) is 3.95. The van der Waals surface area contributed by atoms with Gasteiger partial charge in [0, 0.05) is 6.92 Å². The molecule has 3 aromatic rings. The van der Waals surface area contributed by atoms with E-state index in [1.807, 2.05) is 24.3 Å². The van der Waals surface area contributed by atoms with Crippen molar-refractivity contribution in [1.82, 2.24) is 0 Å². The van der Waals surface area contributed by atoms with Gasteiger partial charge in [-0.15, -0.1) is 0 Å². The standard InChI is InChI=1S/C11H14NOS.C7H8O3S/c1-4-12-8(2)14-11-6-5-9(13-3)7-10(11)12;1-6-2-4-7(5-3-6)11(8,9)10/h5-7H,4H2,1-3H3;2-5H,1H3,(H,8,9,10)/q+1;. The molecular weight excluding hydrogens is 358 g/mol. The summed E-state index contributed by atoms with van der Waals surface area (Å²) in [6.45, 7) is 7.17. The number of aryl methyl sites for hydroxylation is 3. The summed E-state index contributed by atoms with van der Waals surface area (Å²) in [5.41, 5.74) is 2.23. The largest absolute Gasteiger partial charge is 0.497 e. The van der Waals surface area contributed by atoms with E-state index in [2.05, 4.69) is 30.5 Å². The summed E-state index contributed by atoms with van der Waals surface area (Å²) in [6.07, 6.45) is 0. The molecule has 0 aliphatic heterocycles. The van der Waals surface area contributed by atoms with Gasteiger partial charge in [-0.05, 0) is 38.1 Å². The Balaban J connectivity index is 0.000000186. The molecule has 2 aromatic carbocycles. The summed E-state index contributed by atoms with van der Waals surface area (Å²) in [5, 5.41) is 1.34. The minimum absolute atomic E-state index is 0.0666. The fraction of sp³-hybridized carbons (Fsp3) is 0.278. The maximum atomic E-state index is 10.5. The van der Waals surface area contributed by atoms with Gasteiger partial charge in [-0.3, -0.25) is 4.55 Å². The second kappa shape index (κ2) is 7.95. The van der Waals surface area contributed by atoms with Crippen LogP contribution in [0.4, 0.5) is 0 Å². The van der Waals surface area contributed by atoms with Crippen molar-refractivity contribution in [2.75, 3.05) is 7.11 Å². The lowest BCUT2D eigenvalue weighted by atomic mass is 10.2. The topological polar surface area (TPSA) is 67.5 Å². The van der Waals surface area contributed by atoms with Crippen LogP contribution in [0.5, 0.6) is 5.75 Å². The molecule has 0 atom stereocenters. The second-order valence-electron chi connectivity index (χ2n) is 5.49. The van der Waals surface area contributed by atoms with Crippen LogP contribution < -0.4 is 9.30 Å². The number of aromatic nitrogens is 1. The third-order valence-corrected chi connectivity index (χ3v) is 5.68. The number of hydrogen-bond acceptors (Lipinski definition) is 4. The van der Waals surface area contributed by atoms with E-state index < -0.39 is 10.1 Å². The normalized spacial score (nSPS) is 11.1. The third-order valence-electron chi connectivity index (χ3n) is 3.73. The highest BCUT2D eigenvalue weighted by molar-refractivity contribution is 7.85. The predicted octanol–water partition coefficient (Wildman–Crippen LogP) is 3.77. The first-order valence-corrected chi connectivity index (χ1v) is 10.0. The Labute approximate surface area is 152 Å². The zero-order valence-electron chi connectivity index (χ0n) is 14.7. The summed E-state index contributed by atoms with van der Waals surface area (Å²) in [4.78, 5) is -0.0666. The molecule has 1 heterocycles. The quantitative estimate of drug-likeness (QED) is 0.555. The Hall–Kier alpha value is -1.96. The number of rotatable bonds is 3. The fourth-order valence-electron chi connectivity index (χ4n) is 2.41. The van der Waals surface area contributed by atoms with E-state index in [0.29, 0.717) is 0 Å². The molecule has 0 spiro atoms. The number of hydrogen-bond donors (Lipinski definition) is 1. The van der Waals surface area contributed by atoms with Crippen LogP contribution in [-0.2, 0) is 16.7 Å². The van der Waals surface area contributed by atoms with E-state index in [1.54, 1.807) is 19.2 Å². The van der Waals surface area contributed by atoms with Gasteiger partial charge in [0.25, 0.3) is 10.1 Å². The average Bonchev–Trinajstić information content (AvgIpc) is 2.89. The number of nitrogens with zero attached hydrogens (tertiary/aromatic N) is 1. The van der Waals surface area contributed by atoms with Gasteiger partial charge in [0.15, 0.2) is 0 Å². The van der Waals surface area contributed by atoms with Gasteiger partial charge in [-0.1, -0.05) is 29.0 Å². The van der Waals surface area contributed by atoms with E-state index in [-0.39, 0.29) is 4.90 Å². The Morgan fingerprint density at radius 1 is 1.12 bits per heavy atom. The number of benzene rings is 2. The molecule has 0 radical (unpaired) electrons. The molecule has 0 aliphatic rings. The summed E-state index contributed by atoms with van der Waals surface area (Å²) < 4.78 is 38.4. The first-order valence-electron chi connectivity index (χ1n) is 7.77. The summed E-state index contributed by atoms with van der Waals surface area (Å²) in [7, 11) is -2.31. The maximum absolute atomic E-state index is 10.5. The van der Waals surface area contributed by atoms with Crippen molar-refractivity contribution >= 4 is 31.7 Å². The number of methoxy groups -OCH3 is 1. The van der Waals surface area contributed by atoms with Crippen molar-refractivity contribution in [3.63, 3.8) is 0 Å². The predicted molar refractivity (Wildman–Crippen MR) is 100.0 cm³/mol. The molecule has 0 saturated heterocycles. The maximum Gasteiger partial charge on any atom is 0.294 e. The lowest BCUT2D eigenvalue weighted by Crippen LogP contribution is -2.33. The van der Waals surface area contributed by atoms with Gasteiger partial charge in [0.1, 0.15) is 17.0 Å². The van der Waals surface area contributed by atoms with Crippen LogP contribution in [0.3, 0.4) is 0 Å². The van der Waals surface area contributed by atoms with Crippen molar-refractivity contribution in [3.8, 4) is 5.75 Å². The van der Waals surface area contributed by atoms with E-state index in [1.165, 1.54) is 27.4 Å². The molecule has 1 aromatic heterocycles. The molecule has 3 rings (SSSR count). The van der Waals surface area contributed by atoms with Crippen LogP contribution in [0.2, 0.25) is 0 Å². The SMILES string of the molecule is CC[n+]1c(C)sc2ccc(OC)cc21.Cc1ccc(S(=O)(=O)O)cc1. The van der Waals surface area contributed by atoms with E-state index in [9.17, 15) is 8.42 Å². The van der Waals surface area contributed by atoms with Crippen LogP contribution in [0.25, 0.3) is 10.2 Å². The molecule has 0 amide bonds. The molecule has 5 nitrogen and oxygen atoms in total. The molecule has 134 valence electrons. The van der Waals surface area contributed by atoms with E-state index in [0.717, 1.165) is 17.9 Å². The van der Waals surface area contributed by atoms with Crippen LogP contribution in [0, 0.1) is 13.8 Å². The Kier molecular flexibility index (Phi) is 6.16. The van der Waals surface area contributed by atoms with Gasteiger partial charge in [-0.25, -0.2) is 0 Å². The smallest absolute Gasteiger partial charge is 0.294 e. The zero-order chi connectivity index (χ0) is 18.6. The van der Waals surface area contributed by atoms with Crippen LogP contribution in [0.15, 0.2) is 47.4 Å². The molecule has 0 fully saturated rings. The minimum Gasteiger partial charge on any atom is -0.497 e. The Bertz CT molecular complexity index is 961. The van der Waals surface area contributed by atoms with Crippen molar-refractivity contribution in [1.29, 1.82) is 0 Å². The van der Waals surface area contributed by atoms with Gasteiger partial charge >= 0.3 is 0 Å². The highest BCUT2D eigenvalue weighted by Gasteiger charge is 2.15. The number of fused-ring (bicyclic) bond motifs is 1. The lowest BCUT2D eigenvalue weighted by Gasteiger charge is -1.96. The first kappa shape index (κ1) is 19.4. The molecule has 0 aliphatic carbocycles. The van der Waals surface area contributed by atoms with Gasteiger partial charge < -0.3 is 4.74 Å². The number of ether oxygens (including phenoxy) is 1. The van der Waals surface area contributed by atoms with E-state index in [4.69, 9.17) is 9.29 Å². The highest BCUT2D eigenvalue weighted by Crippen LogP contribution is 2.24. The zero-order valence-corrected chi connectivity index (χ0v) is 16.3. The third kappa shape index (κ3) is 4.78. The van der Waals surface area contributed by atoms with Gasteiger partial charge in [0.05, 0.1) is 18.1 Å². The molecule has 25 heavy (non-hydrogen) atoms. The number of thiazole rings is 1. The Morgan fingerprint density at radius 2 is 1.76 bits per heavy atom. The lowest BCUT2D eigenvalue weighted by molar-refractivity contribution is -0.669. The van der Waals surface area contributed by atoms with Crippen LogP contribution >= 0.6 is 11.3 Å². The molecule has 0 bridgehead atoms. The summed E-state index contributed by atoms with van der Waals surface area (Å²) in [5.74, 6) is 0.928. The van der Waals surface area contributed by atoms with E-state index >= 15 is 0 Å². The molecule has 0 unspecified atom stereocenters. The minimum atomic E-state index is -4.02. The van der Waals surface area contributed by atoms with Crippen molar-refractivity contribution < 1.29 is 22.3 Å². The Morgan fingerprint density at radius 3 is 2.28 bits per heavy atom. The van der Waals surface area contributed by atoms with Gasteiger partial charge in [-0.2, -0.15) is 13.0 Å². The average molecular weight is 381 g/mol. The van der Waals surface area contributed by atoms with Crippen LogP contribution in [0.1, 0.15) is 17.5 Å². The highest BCUT2D eigenvalue weighted by atomic mass is 32.2. The second-order valence-corrected chi connectivity index (χ2v) is 8.14. The molecular formula is C18H22NO4S2+. The first-order chi connectivity index (χ1) is 11.8. The molecule has 0 saturated carbocycles. The summed E-state index contributed by atoms with van der Waals surface area (Å²) in [6, 6.07) is 12.2. The molecule has 7 heteroatoms. The van der Waals surface area contributed by atoms with Crippen molar-refractivity contribution in [2.24, 2.45) is 0 Å².